The number of nitrogens with two attached hydrogens (primary N) is 1. The van der Waals surface area contributed by atoms with Gasteiger partial charge in [-0.3, -0.25) is 9.59 Å². The minimum atomic E-state index is -0.796. The Kier molecular flexibility index (Phi) is 5.36. The average Bonchev–Trinajstić information content (AvgIpc) is 2.34. The number of hydrogen-bond donors (Lipinski definition) is 3. The summed E-state index contributed by atoms with van der Waals surface area (Å²) in [4.78, 5) is 22.0. The topological polar surface area (TPSA) is 92.4 Å². The second kappa shape index (κ2) is 6.78. The zero-order valence-corrected chi connectivity index (χ0v) is 11.2. The number of carbonyl (C=O) groups excluding carboxylic acids is 1. The van der Waals surface area contributed by atoms with Crippen LogP contribution in [0.4, 0.5) is 5.69 Å². The van der Waals surface area contributed by atoms with E-state index in [1.165, 1.54) is 0 Å². The third-order valence-corrected chi connectivity index (χ3v) is 2.83. The molecule has 5 heteroatoms. The Balaban J connectivity index is 2.59. The van der Waals surface area contributed by atoms with Crippen molar-refractivity contribution >= 4 is 17.6 Å². The molecule has 1 unspecified atom stereocenters. The third kappa shape index (κ3) is 4.99. The first-order chi connectivity index (χ1) is 8.90. The van der Waals surface area contributed by atoms with Crippen molar-refractivity contribution in [2.45, 2.75) is 20.3 Å². The lowest BCUT2D eigenvalue weighted by molar-refractivity contribution is -0.141. The van der Waals surface area contributed by atoms with Gasteiger partial charge in [-0.2, -0.15) is 0 Å². The van der Waals surface area contributed by atoms with Crippen LogP contribution in [0.1, 0.15) is 30.6 Å². The molecule has 0 aliphatic rings. The van der Waals surface area contributed by atoms with Crippen LogP contribution >= 0.6 is 0 Å². The number of primary amides is 1. The molecule has 1 aromatic rings. The summed E-state index contributed by atoms with van der Waals surface area (Å²) in [6.45, 7) is 4.36. The summed E-state index contributed by atoms with van der Waals surface area (Å²) in [6, 6.07) is 6.66. The van der Waals surface area contributed by atoms with Crippen LogP contribution in [-0.2, 0) is 4.79 Å². The second-order valence-corrected chi connectivity index (χ2v) is 4.99. The third-order valence-electron chi connectivity index (χ3n) is 2.83. The number of anilines is 1. The van der Waals surface area contributed by atoms with E-state index < -0.39 is 17.8 Å². The van der Waals surface area contributed by atoms with Crippen molar-refractivity contribution in [1.29, 1.82) is 0 Å². The summed E-state index contributed by atoms with van der Waals surface area (Å²) >= 11 is 0. The Labute approximate surface area is 112 Å². The van der Waals surface area contributed by atoms with Crippen LogP contribution in [-0.4, -0.2) is 23.5 Å². The predicted octanol–water partition coefficient (Wildman–Crippen LogP) is 1.94. The number of aliphatic carboxylic acids is 1. The van der Waals surface area contributed by atoms with Gasteiger partial charge in [-0.15, -0.1) is 0 Å². The van der Waals surface area contributed by atoms with Gasteiger partial charge in [-0.25, -0.2) is 0 Å². The summed E-state index contributed by atoms with van der Waals surface area (Å²) in [7, 11) is 0. The van der Waals surface area contributed by atoms with Gasteiger partial charge < -0.3 is 16.2 Å². The summed E-state index contributed by atoms with van der Waals surface area (Å²) in [5.41, 5.74) is 6.35. The van der Waals surface area contributed by atoms with Crippen molar-refractivity contribution in [3.8, 4) is 0 Å². The van der Waals surface area contributed by atoms with E-state index in [-0.39, 0.29) is 0 Å². The first-order valence-electron chi connectivity index (χ1n) is 6.26. The maximum atomic E-state index is 11.1. The van der Waals surface area contributed by atoms with E-state index in [4.69, 9.17) is 10.8 Å². The smallest absolute Gasteiger partial charge is 0.308 e. The molecule has 0 spiro atoms. The molecule has 0 saturated heterocycles. The summed E-state index contributed by atoms with van der Waals surface area (Å²) in [5.74, 6) is -1.36. The molecule has 104 valence electrons. The Bertz CT molecular complexity index is 441. The minimum Gasteiger partial charge on any atom is -0.481 e. The Morgan fingerprint density at radius 2 is 1.84 bits per heavy atom. The molecule has 1 amide bonds. The van der Waals surface area contributed by atoms with Crippen LogP contribution in [0.15, 0.2) is 24.3 Å². The predicted molar refractivity (Wildman–Crippen MR) is 74.0 cm³/mol. The molecule has 0 saturated carbocycles. The molecular formula is C14H20N2O3. The number of rotatable bonds is 7. The number of amides is 1. The van der Waals surface area contributed by atoms with Crippen LogP contribution < -0.4 is 11.1 Å². The fourth-order valence-corrected chi connectivity index (χ4v) is 1.83. The zero-order chi connectivity index (χ0) is 14.4. The number of benzene rings is 1. The van der Waals surface area contributed by atoms with Gasteiger partial charge >= 0.3 is 5.97 Å². The molecule has 0 aliphatic heterocycles. The fraction of sp³-hybridized carbons (Fsp3) is 0.429. The molecule has 0 fully saturated rings. The lowest BCUT2D eigenvalue weighted by Gasteiger charge is -2.16. The lowest BCUT2D eigenvalue weighted by Crippen LogP contribution is -2.24. The number of carbonyl (C=O) groups is 2. The van der Waals surface area contributed by atoms with E-state index in [2.05, 4.69) is 5.32 Å². The van der Waals surface area contributed by atoms with E-state index in [1.807, 2.05) is 13.8 Å². The Morgan fingerprint density at radius 1 is 1.26 bits per heavy atom. The van der Waals surface area contributed by atoms with Crippen molar-refractivity contribution in [1.82, 2.24) is 0 Å². The number of carboxylic acids is 1. The second-order valence-electron chi connectivity index (χ2n) is 4.99. The van der Waals surface area contributed by atoms with Gasteiger partial charge in [0.25, 0.3) is 0 Å². The highest BCUT2D eigenvalue weighted by Crippen LogP contribution is 2.15. The molecule has 1 rings (SSSR count). The van der Waals surface area contributed by atoms with Crippen LogP contribution in [0, 0.1) is 11.8 Å². The van der Waals surface area contributed by atoms with Crippen LogP contribution in [0.5, 0.6) is 0 Å². The maximum absolute atomic E-state index is 11.1. The summed E-state index contributed by atoms with van der Waals surface area (Å²) < 4.78 is 0. The molecule has 0 radical (unpaired) electrons. The van der Waals surface area contributed by atoms with Gasteiger partial charge in [0, 0.05) is 17.8 Å². The standard InChI is InChI=1S/C14H20N2O3/c1-9(2)7-11(14(18)19)8-16-12-5-3-10(4-6-12)13(15)17/h3-6,9,11,16H,7-8H2,1-2H3,(H2,15,17)(H,18,19). The van der Waals surface area contributed by atoms with Crippen molar-refractivity contribution in [2.24, 2.45) is 17.6 Å². The van der Waals surface area contributed by atoms with Crippen molar-refractivity contribution in [2.75, 3.05) is 11.9 Å². The van der Waals surface area contributed by atoms with Crippen LogP contribution in [0.25, 0.3) is 0 Å². The minimum absolute atomic E-state index is 0.333. The molecule has 0 aliphatic carbocycles. The molecule has 0 aromatic heterocycles. The van der Waals surface area contributed by atoms with Gasteiger partial charge in [0.05, 0.1) is 5.92 Å². The monoisotopic (exact) mass is 264 g/mol. The van der Waals surface area contributed by atoms with E-state index in [9.17, 15) is 9.59 Å². The first-order valence-corrected chi connectivity index (χ1v) is 6.26. The van der Waals surface area contributed by atoms with Crippen LogP contribution in [0.2, 0.25) is 0 Å². The fourth-order valence-electron chi connectivity index (χ4n) is 1.83. The van der Waals surface area contributed by atoms with Gasteiger partial charge in [-0.05, 0) is 36.6 Å². The van der Waals surface area contributed by atoms with Gasteiger partial charge in [0.2, 0.25) is 5.91 Å². The highest BCUT2D eigenvalue weighted by molar-refractivity contribution is 5.93. The Hall–Kier alpha value is -2.04. The lowest BCUT2D eigenvalue weighted by atomic mass is 9.97. The Morgan fingerprint density at radius 3 is 2.26 bits per heavy atom. The van der Waals surface area contributed by atoms with E-state index in [0.29, 0.717) is 24.4 Å². The number of hydrogen-bond acceptors (Lipinski definition) is 3. The number of carboxylic acid groups (broad SMARTS) is 1. The molecule has 0 heterocycles. The van der Waals surface area contributed by atoms with E-state index in [0.717, 1.165) is 5.69 Å². The van der Waals surface area contributed by atoms with Crippen molar-refractivity contribution < 1.29 is 14.7 Å². The first kappa shape index (κ1) is 15.0. The normalized spacial score (nSPS) is 12.2. The van der Waals surface area contributed by atoms with Crippen molar-refractivity contribution in [3.63, 3.8) is 0 Å². The van der Waals surface area contributed by atoms with Gasteiger partial charge in [-0.1, -0.05) is 13.8 Å². The van der Waals surface area contributed by atoms with E-state index >= 15 is 0 Å². The molecule has 0 bridgehead atoms. The number of nitrogens with one attached hydrogen (secondary N) is 1. The molecule has 5 nitrogen and oxygen atoms in total. The quantitative estimate of drug-likeness (QED) is 0.701. The highest BCUT2D eigenvalue weighted by atomic mass is 16.4. The highest BCUT2D eigenvalue weighted by Gasteiger charge is 2.18. The molecule has 1 aromatic carbocycles. The average molecular weight is 264 g/mol. The summed E-state index contributed by atoms with van der Waals surface area (Å²) in [6.07, 6.45) is 0.627. The van der Waals surface area contributed by atoms with Crippen LogP contribution in [0.3, 0.4) is 0 Å². The van der Waals surface area contributed by atoms with Crippen molar-refractivity contribution in [3.05, 3.63) is 29.8 Å². The van der Waals surface area contributed by atoms with Gasteiger partial charge in [0.1, 0.15) is 0 Å². The maximum Gasteiger partial charge on any atom is 0.308 e. The SMILES string of the molecule is CC(C)CC(CNc1ccc(C(N)=O)cc1)C(=O)O. The molecular weight excluding hydrogens is 244 g/mol. The zero-order valence-electron chi connectivity index (χ0n) is 11.2. The summed E-state index contributed by atoms with van der Waals surface area (Å²) in [5, 5.41) is 12.2. The largest absolute Gasteiger partial charge is 0.481 e. The molecule has 19 heavy (non-hydrogen) atoms. The van der Waals surface area contributed by atoms with Gasteiger partial charge in [0.15, 0.2) is 0 Å². The van der Waals surface area contributed by atoms with E-state index in [1.54, 1.807) is 24.3 Å². The molecule has 1 atom stereocenters. The molecule has 4 N–H and O–H groups in total.